The Morgan fingerprint density at radius 1 is 1.44 bits per heavy atom. The van der Waals surface area contributed by atoms with Crippen molar-refractivity contribution in [2.45, 2.75) is 32.9 Å². The largest absolute Gasteiger partial charge is 0.392 e. The van der Waals surface area contributed by atoms with Crippen LogP contribution >= 0.6 is 15.9 Å². The lowest BCUT2D eigenvalue weighted by atomic mass is 9.81. The first kappa shape index (κ1) is 14.0. The lowest BCUT2D eigenvalue weighted by Crippen LogP contribution is -2.48. The number of likely N-dealkylation sites (tertiary alicyclic amines) is 1. The van der Waals surface area contributed by atoms with E-state index in [2.05, 4.69) is 34.7 Å². The van der Waals surface area contributed by atoms with Crippen LogP contribution in [0.5, 0.6) is 0 Å². The minimum atomic E-state index is -0.243. The first-order chi connectivity index (χ1) is 8.37. The molecular weight excluding hydrogens is 297 g/mol. The molecule has 18 heavy (non-hydrogen) atoms. The molecule has 0 saturated carbocycles. The second-order valence-corrected chi connectivity index (χ2v) is 6.70. The van der Waals surface area contributed by atoms with Crippen LogP contribution in [0.2, 0.25) is 0 Å². The molecule has 1 aromatic carbocycles. The summed E-state index contributed by atoms with van der Waals surface area (Å²) in [7, 11) is 0. The molecule has 1 aromatic rings. The molecule has 1 saturated heterocycles. The first-order valence-corrected chi connectivity index (χ1v) is 7.01. The van der Waals surface area contributed by atoms with Crippen molar-refractivity contribution in [1.29, 1.82) is 0 Å². The van der Waals surface area contributed by atoms with Crippen molar-refractivity contribution in [3.05, 3.63) is 34.1 Å². The minimum absolute atomic E-state index is 0.0944. The summed E-state index contributed by atoms with van der Waals surface area (Å²) in [4.78, 5) is 2.27. The summed E-state index contributed by atoms with van der Waals surface area (Å²) in [6.07, 6.45) is 0.539. The van der Waals surface area contributed by atoms with E-state index in [9.17, 15) is 9.50 Å². The zero-order valence-corrected chi connectivity index (χ0v) is 12.4. The Morgan fingerprint density at radius 3 is 2.78 bits per heavy atom. The second kappa shape index (κ2) is 5.27. The molecule has 0 spiro atoms. The molecule has 0 aliphatic carbocycles. The average molecular weight is 316 g/mol. The number of halogens is 2. The van der Waals surface area contributed by atoms with Gasteiger partial charge in [0.1, 0.15) is 5.82 Å². The highest BCUT2D eigenvalue weighted by Crippen LogP contribution is 2.30. The van der Waals surface area contributed by atoms with Gasteiger partial charge in [-0.05, 0) is 30.2 Å². The predicted molar refractivity (Wildman–Crippen MR) is 73.8 cm³/mol. The van der Waals surface area contributed by atoms with Crippen molar-refractivity contribution in [1.82, 2.24) is 4.90 Å². The van der Waals surface area contributed by atoms with E-state index in [1.54, 1.807) is 6.07 Å². The molecule has 100 valence electrons. The van der Waals surface area contributed by atoms with Crippen LogP contribution in [-0.2, 0) is 6.54 Å². The molecule has 1 unspecified atom stereocenters. The molecule has 0 aromatic heterocycles. The third-order valence-corrected chi connectivity index (χ3v) is 4.04. The molecule has 0 radical (unpaired) electrons. The zero-order chi connectivity index (χ0) is 13.3. The van der Waals surface area contributed by atoms with Gasteiger partial charge in [0.15, 0.2) is 0 Å². The van der Waals surface area contributed by atoms with Gasteiger partial charge in [0.05, 0.1) is 6.10 Å². The number of benzene rings is 1. The normalized spacial score (nSPS) is 24.2. The van der Waals surface area contributed by atoms with Crippen molar-refractivity contribution in [2.24, 2.45) is 5.41 Å². The highest BCUT2D eigenvalue weighted by atomic mass is 79.9. The number of rotatable bonds is 2. The maximum Gasteiger partial charge on any atom is 0.124 e. The number of piperidine rings is 1. The molecule has 2 rings (SSSR count). The molecule has 1 aliphatic rings. The Kier molecular flexibility index (Phi) is 4.09. The monoisotopic (exact) mass is 315 g/mol. The number of hydrogen-bond donors (Lipinski definition) is 1. The number of hydrogen-bond acceptors (Lipinski definition) is 2. The predicted octanol–water partition coefficient (Wildman–Crippen LogP) is 3.18. The van der Waals surface area contributed by atoms with E-state index in [0.717, 1.165) is 36.1 Å². The van der Waals surface area contributed by atoms with Crippen molar-refractivity contribution in [3.8, 4) is 0 Å². The van der Waals surface area contributed by atoms with E-state index in [-0.39, 0.29) is 17.3 Å². The van der Waals surface area contributed by atoms with Gasteiger partial charge < -0.3 is 5.11 Å². The van der Waals surface area contributed by atoms with Gasteiger partial charge in [-0.25, -0.2) is 4.39 Å². The van der Waals surface area contributed by atoms with Crippen LogP contribution < -0.4 is 0 Å². The molecule has 1 atom stereocenters. The fourth-order valence-electron chi connectivity index (χ4n) is 2.55. The third kappa shape index (κ3) is 3.31. The van der Waals surface area contributed by atoms with Gasteiger partial charge in [-0.15, -0.1) is 0 Å². The van der Waals surface area contributed by atoms with Crippen molar-refractivity contribution in [2.75, 3.05) is 13.1 Å². The summed E-state index contributed by atoms with van der Waals surface area (Å²) in [5, 5.41) is 9.91. The Balaban J connectivity index is 2.06. The minimum Gasteiger partial charge on any atom is -0.392 e. The van der Waals surface area contributed by atoms with Crippen LogP contribution in [0, 0.1) is 11.2 Å². The van der Waals surface area contributed by atoms with Gasteiger partial charge >= 0.3 is 0 Å². The molecule has 1 N–H and O–H groups in total. The summed E-state index contributed by atoms with van der Waals surface area (Å²) in [5.74, 6) is -0.212. The van der Waals surface area contributed by atoms with E-state index < -0.39 is 0 Å². The van der Waals surface area contributed by atoms with E-state index in [4.69, 9.17) is 0 Å². The summed E-state index contributed by atoms with van der Waals surface area (Å²) in [6.45, 7) is 6.57. The molecule has 0 bridgehead atoms. The van der Waals surface area contributed by atoms with Crippen LogP contribution in [0.25, 0.3) is 0 Å². The quantitative estimate of drug-likeness (QED) is 0.906. The van der Waals surface area contributed by atoms with Gasteiger partial charge in [-0.1, -0.05) is 29.8 Å². The molecule has 1 fully saturated rings. The highest BCUT2D eigenvalue weighted by molar-refractivity contribution is 9.10. The molecule has 2 nitrogen and oxygen atoms in total. The van der Waals surface area contributed by atoms with Gasteiger partial charge in [0.25, 0.3) is 0 Å². The summed E-state index contributed by atoms with van der Waals surface area (Å²) in [6, 6.07) is 4.98. The molecular formula is C14H19BrFNO. The number of aliphatic hydroxyl groups excluding tert-OH is 1. The standard InChI is InChI=1S/C14H19BrFNO/c1-14(2)9-17(4-3-13(14)18)8-10-5-11(15)7-12(16)6-10/h5-7,13,18H,3-4,8-9H2,1-2H3. The summed E-state index contributed by atoms with van der Waals surface area (Å²) in [5.41, 5.74) is 0.872. The Labute approximate surface area is 116 Å². The van der Waals surface area contributed by atoms with E-state index in [0.29, 0.717) is 0 Å². The lowest BCUT2D eigenvalue weighted by Gasteiger charge is -2.41. The summed E-state index contributed by atoms with van der Waals surface area (Å²) < 4.78 is 14.1. The zero-order valence-electron chi connectivity index (χ0n) is 10.8. The van der Waals surface area contributed by atoms with Gasteiger partial charge in [0.2, 0.25) is 0 Å². The van der Waals surface area contributed by atoms with Crippen LogP contribution in [0.15, 0.2) is 22.7 Å². The second-order valence-electron chi connectivity index (χ2n) is 5.78. The molecule has 1 aliphatic heterocycles. The number of aliphatic hydroxyl groups is 1. The van der Waals surface area contributed by atoms with Gasteiger partial charge in [0, 0.05) is 29.5 Å². The average Bonchev–Trinajstić information content (AvgIpc) is 2.21. The first-order valence-electron chi connectivity index (χ1n) is 6.22. The fraction of sp³-hybridized carbons (Fsp3) is 0.571. The van der Waals surface area contributed by atoms with Crippen molar-refractivity contribution < 1.29 is 9.50 Å². The van der Waals surface area contributed by atoms with Gasteiger partial charge in [-0.3, -0.25) is 4.90 Å². The SMILES string of the molecule is CC1(C)CN(Cc2cc(F)cc(Br)c2)CCC1O. The Bertz CT molecular complexity index is 416. The number of nitrogens with zero attached hydrogens (tertiary/aromatic N) is 1. The van der Waals surface area contributed by atoms with Crippen LogP contribution in [0.4, 0.5) is 4.39 Å². The lowest BCUT2D eigenvalue weighted by molar-refractivity contribution is -0.0270. The molecule has 4 heteroatoms. The topological polar surface area (TPSA) is 23.5 Å². The van der Waals surface area contributed by atoms with E-state index in [1.165, 1.54) is 6.07 Å². The Morgan fingerprint density at radius 2 is 2.17 bits per heavy atom. The van der Waals surface area contributed by atoms with Gasteiger partial charge in [-0.2, -0.15) is 0 Å². The van der Waals surface area contributed by atoms with Crippen molar-refractivity contribution >= 4 is 15.9 Å². The molecule has 1 heterocycles. The van der Waals surface area contributed by atoms with Crippen LogP contribution in [0.1, 0.15) is 25.8 Å². The van der Waals surface area contributed by atoms with E-state index in [1.807, 2.05) is 6.07 Å². The van der Waals surface area contributed by atoms with E-state index >= 15 is 0 Å². The van der Waals surface area contributed by atoms with Crippen LogP contribution in [-0.4, -0.2) is 29.2 Å². The highest BCUT2D eigenvalue weighted by Gasteiger charge is 2.34. The van der Waals surface area contributed by atoms with Crippen molar-refractivity contribution in [3.63, 3.8) is 0 Å². The third-order valence-electron chi connectivity index (χ3n) is 3.58. The Hall–Kier alpha value is -0.450. The molecule has 0 amide bonds. The van der Waals surface area contributed by atoms with Crippen LogP contribution in [0.3, 0.4) is 0 Å². The fourth-order valence-corrected chi connectivity index (χ4v) is 3.06. The maximum absolute atomic E-state index is 13.3. The maximum atomic E-state index is 13.3. The summed E-state index contributed by atoms with van der Waals surface area (Å²) >= 11 is 3.31. The smallest absolute Gasteiger partial charge is 0.124 e.